The molecule has 1 aromatic heterocycles. The van der Waals surface area contributed by atoms with Gasteiger partial charge in [-0.15, -0.1) is 11.8 Å². The Morgan fingerprint density at radius 1 is 0.717 bits per heavy atom. The molecule has 0 saturated heterocycles. The number of aryl methyl sites for hydroxylation is 3. The molecule has 230 valence electrons. The van der Waals surface area contributed by atoms with Crippen LogP contribution in [0.3, 0.4) is 0 Å². The molecule has 46 heavy (non-hydrogen) atoms. The number of hydrogen-bond donors (Lipinski definition) is 0. The normalized spacial score (nSPS) is 11.8. The minimum absolute atomic E-state index is 0.00940. The van der Waals surface area contributed by atoms with Crippen molar-refractivity contribution >= 4 is 50.8 Å². The van der Waals surface area contributed by atoms with Gasteiger partial charge in [0.2, 0.25) is 0 Å². The Hall–Kier alpha value is -4.74. The van der Waals surface area contributed by atoms with Gasteiger partial charge in [-0.25, -0.2) is 0 Å². The Morgan fingerprint density at radius 3 is 2.07 bits per heavy atom. The van der Waals surface area contributed by atoms with Crippen LogP contribution in [0.1, 0.15) is 62.7 Å². The lowest BCUT2D eigenvalue weighted by Gasteiger charge is -2.09. The van der Waals surface area contributed by atoms with Crippen LogP contribution in [0, 0.1) is 13.8 Å². The largest absolute Gasteiger partial charge is 0.341 e. The van der Waals surface area contributed by atoms with Gasteiger partial charge >= 0.3 is 0 Å². The first kappa shape index (κ1) is 31.3. The molecule has 0 saturated carbocycles. The van der Waals surface area contributed by atoms with Crippen LogP contribution in [0.5, 0.6) is 0 Å². The molecule has 0 bridgehead atoms. The summed E-state index contributed by atoms with van der Waals surface area (Å²) in [5.74, 6) is 0.993. The Labute approximate surface area is 275 Å². The van der Waals surface area contributed by atoms with Crippen LogP contribution in [0.25, 0.3) is 21.8 Å². The van der Waals surface area contributed by atoms with Crippen LogP contribution in [0.15, 0.2) is 125 Å². The van der Waals surface area contributed by atoms with Gasteiger partial charge in [0, 0.05) is 55.6 Å². The average molecular weight is 623 g/mol. The fourth-order valence-electron chi connectivity index (χ4n) is 6.01. The highest BCUT2D eigenvalue weighted by Crippen LogP contribution is 2.32. The smallest absolute Gasteiger partial charge is 0.193 e. The van der Waals surface area contributed by atoms with E-state index in [1.165, 1.54) is 10.5 Å². The molecule has 0 spiro atoms. The minimum atomic E-state index is 0.00940. The molecular formula is C41H38N2O2S. The molecule has 0 unspecified atom stereocenters. The van der Waals surface area contributed by atoms with Gasteiger partial charge in [-0.05, 0) is 93.0 Å². The fourth-order valence-corrected chi connectivity index (χ4v) is 6.86. The zero-order valence-electron chi connectivity index (χ0n) is 26.6. The van der Waals surface area contributed by atoms with E-state index >= 15 is 0 Å². The number of carbonyl (C=O) groups excluding carboxylic acids is 2. The summed E-state index contributed by atoms with van der Waals surface area (Å²) in [6.45, 7) is 7.14. The summed E-state index contributed by atoms with van der Waals surface area (Å²) in [6.07, 6.45) is 1.69. The van der Waals surface area contributed by atoms with Crippen LogP contribution < -0.4 is 0 Å². The van der Waals surface area contributed by atoms with E-state index in [0.717, 1.165) is 69.3 Å². The molecule has 0 atom stereocenters. The van der Waals surface area contributed by atoms with Gasteiger partial charge in [0.1, 0.15) is 6.54 Å². The lowest BCUT2D eigenvalue weighted by molar-refractivity contribution is 0.1000. The van der Waals surface area contributed by atoms with Gasteiger partial charge in [0.05, 0.1) is 0 Å². The molecule has 4 nitrogen and oxygen atoms in total. The Morgan fingerprint density at radius 2 is 1.37 bits per heavy atom. The second kappa shape index (κ2) is 14.1. The molecule has 0 radical (unpaired) electrons. The maximum Gasteiger partial charge on any atom is 0.193 e. The van der Waals surface area contributed by atoms with Gasteiger partial charge in [0.25, 0.3) is 0 Å². The van der Waals surface area contributed by atoms with Crippen molar-refractivity contribution in [3.63, 3.8) is 0 Å². The van der Waals surface area contributed by atoms with Crippen LogP contribution in [-0.2, 0) is 6.54 Å². The standard InChI is InChI=1S/C41H38N2O2S/c1-4-43-38-22-18-31(25-35(38)36-26-32(19-23-39(36)43)41(45)34-14-9-8-11-29(34)3)37(42-27-40(44)30-12-6-5-7-13-30)15-10-24-46-33-20-16-28(2)17-21-33/h5-9,11-14,16-23,25-26H,4,10,15,24,27H2,1-3H3/b42-37+. The molecule has 0 aliphatic heterocycles. The predicted octanol–water partition coefficient (Wildman–Crippen LogP) is 9.91. The summed E-state index contributed by atoms with van der Waals surface area (Å²) in [5.41, 5.74) is 8.47. The number of benzene rings is 5. The van der Waals surface area contributed by atoms with Crippen molar-refractivity contribution < 1.29 is 9.59 Å². The Kier molecular flexibility index (Phi) is 9.60. The third-order valence-corrected chi connectivity index (χ3v) is 9.62. The molecule has 0 amide bonds. The van der Waals surface area contributed by atoms with Crippen LogP contribution in [-0.4, -0.2) is 34.1 Å². The summed E-state index contributed by atoms with van der Waals surface area (Å²) in [5, 5.41) is 2.14. The summed E-state index contributed by atoms with van der Waals surface area (Å²) in [6, 6.07) is 38.3. The fraction of sp³-hybridized carbons (Fsp3) is 0.195. The topological polar surface area (TPSA) is 51.4 Å². The molecule has 6 aromatic rings. The van der Waals surface area contributed by atoms with Crippen molar-refractivity contribution in [2.45, 2.75) is 45.1 Å². The third-order valence-electron chi connectivity index (χ3n) is 8.52. The molecule has 5 aromatic carbocycles. The van der Waals surface area contributed by atoms with Crippen molar-refractivity contribution in [3.05, 3.63) is 149 Å². The van der Waals surface area contributed by atoms with Gasteiger partial charge in [0.15, 0.2) is 11.6 Å². The van der Waals surface area contributed by atoms with Crippen molar-refractivity contribution in [3.8, 4) is 0 Å². The molecule has 5 heteroatoms. The highest BCUT2D eigenvalue weighted by atomic mass is 32.2. The number of Topliss-reactive ketones (excluding diaryl/α,β-unsaturated/α-hetero) is 1. The van der Waals surface area contributed by atoms with E-state index in [2.05, 4.69) is 66.9 Å². The monoisotopic (exact) mass is 622 g/mol. The first-order valence-corrected chi connectivity index (χ1v) is 16.9. The van der Waals surface area contributed by atoms with Gasteiger partial charge in [-0.3, -0.25) is 14.6 Å². The first-order chi connectivity index (χ1) is 22.4. The molecule has 6 rings (SSSR count). The van der Waals surface area contributed by atoms with Crippen molar-refractivity contribution in [2.24, 2.45) is 4.99 Å². The SMILES string of the molecule is CCn1c2ccc(C(=O)c3ccccc3C)cc2c2cc(/C(CCCSc3ccc(C)cc3)=N/CC(=O)c3ccccc3)ccc21. The van der Waals surface area contributed by atoms with Gasteiger partial charge in [-0.2, -0.15) is 0 Å². The zero-order chi connectivity index (χ0) is 32.0. The lowest BCUT2D eigenvalue weighted by atomic mass is 9.97. The zero-order valence-corrected chi connectivity index (χ0v) is 27.4. The van der Waals surface area contributed by atoms with E-state index in [9.17, 15) is 9.59 Å². The van der Waals surface area contributed by atoms with Gasteiger partial charge < -0.3 is 4.57 Å². The van der Waals surface area contributed by atoms with Crippen molar-refractivity contribution in [2.75, 3.05) is 12.3 Å². The summed E-state index contributed by atoms with van der Waals surface area (Å²) < 4.78 is 2.30. The van der Waals surface area contributed by atoms with E-state index in [0.29, 0.717) is 11.1 Å². The Bertz CT molecular complexity index is 2060. The quantitative estimate of drug-likeness (QED) is 0.0591. The number of ketones is 2. The number of thioether (sulfide) groups is 1. The Balaban J connectivity index is 1.35. The second-order valence-corrected chi connectivity index (χ2v) is 12.8. The van der Waals surface area contributed by atoms with Crippen molar-refractivity contribution in [1.82, 2.24) is 4.57 Å². The second-order valence-electron chi connectivity index (χ2n) is 11.7. The predicted molar refractivity (Wildman–Crippen MR) is 193 cm³/mol. The summed E-state index contributed by atoms with van der Waals surface area (Å²) in [4.78, 5) is 32.8. The first-order valence-electron chi connectivity index (χ1n) is 15.9. The molecular weight excluding hydrogens is 585 g/mol. The van der Waals surface area contributed by atoms with E-state index in [-0.39, 0.29) is 18.1 Å². The maximum absolute atomic E-state index is 13.6. The number of nitrogens with zero attached hydrogens (tertiary/aromatic N) is 2. The summed E-state index contributed by atoms with van der Waals surface area (Å²) >= 11 is 1.84. The maximum atomic E-state index is 13.6. The highest BCUT2D eigenvalue weighted by molar-refractivity contribution is 7.99. The van der Waals surface area contributed by atoms with E-state index in [1.807, 2.05) is 85.4 Å². The van der Waals surface area contributed by atoms with Crippen molar-refractivity contribution in [1.29, 1.82) is 0 Å². The van der Waals surface area contributed by atoms with Gasteiger partial charge in [-0.1, -0.05) is 78.4 Å². The number of rotatable bonds is 12. The van der Waals surface area contributed by atoms with Crippen LogP contribution >= 0.6 is 11.8 Å². The molecule has 0 aliphatic rings. The molecule has 0 aliphatic carbocycles. The minimum Gasteiger partial charge on any atom is -0.341 e. The molecule has 0 fully saturated rings. The number of hydrogen-bond acceptors (Lipinski definition) is 4. The highest BCUT2D eigenvalue weighted by Gasteiger charge is 2.17. The molecule has 1 heterocycles. The van der Waals surface area contributed by atoms with E-state index < -0.39 is 0 Å². The summed E-state index contributed by atoms with van der Waals surface area (Å²) in [7, 11) is 0. The van der Waals surface area contributed by atoms with Crippen LogP contribution in [0.4, 0.5) is 0 Å². The van der Waals surface area contributed by atoms with Crippen LogP contribution in [0.2, 0.25) is 0 Å². The number of fused-ring (bicyclic) bond motifs is 3. The lowest BCUT2D eigenvalue weighted by Crippen LogP contribution is -2.09. The number of aromatic nitrogens is 1. The molecule has 0 N–H and O–H groups in total. The number of carbonyl (C=O) groups is 2. The number of aliphatic imine (C=N–C) groups is 1. The third kappa shape index (κ3) is 6.75. The van der Waals surface area contributed by atoms with E-state index in [4.69, 9.17) is 4.99 Å². The van der Waals surface area contributed by atoms with E-state index in [1.54, 1.807) is 0 Å². The average Bonchev–Trinajstić information content (AvgIpc) is 3.41.